The van der Waals surface area contributed by atoms with E-state index in [2.05, 4.69) is 10.3 Å². The van der Waals surface area contributed by atoms with Gasteiger partial charge in [-0.2, -0.15) is 0 Å². The Labute approximate surface area is 192 Å². The van der Waals surface area contributed by atoms with Crippen molar-refractivity contribution < 1.29 is 32.2 Å². The summed E-state index contributed by atoms with van der Waals surface area (Å²) < 4.78 is 73.7. The quantitative estimate of drug-likeness (QED) is 0.408. The predicted octanol–water partition coefficient (Wildman–Crippen LogP) is 3.41. The summed E-state index contributed by atoms with van der Waals surface area (Å²) in [7, 11) is 0. The highest BCUT2D eigenvalue weighted by atomic mass is 19.3. The molecule has 1 fully saturated rings. The van der Waals surface area contributed by atoms with Crippen molar-refractivity contribution in [1.29, 1.82) is 0 Å². The van der Waals surface area contributed by atoms with Gasteiger partial charge < -0.3 is 20.5 Å². The molecule has 2 unspecified atom stereocenters. The average Bonchev–Trinajstić information content (AvgIpc) is 3.13. The molecule has 5 nitrogen and oxygen atoms in total. The Morgan fingerprint density at radius 3 is 2.41 bits per heavy atom. The number of aliphatic hydroxyl groups excluding tert-OH is 2. The zero-order valence-corrected chi connectivity index (χ0v) is 18.1. The molecule has 4 N–H and O–H groups in total. The van der Waals surface area contributed by atoms with E-state index in [1.165, 1.54) is 17.0 Å². The minimum atomic E-state index is -3.51. The molecule has 1 aromatic heterocycles. The number of halogens is 5. The van der Waals surface area contributed by atoms with Gasteiger partial charge in [0.1, 0.15) is 24.1 Å². The van der Waals surface area contributed by atoms with Crippen molar-refractivity contribution in [3.8, 4) is 0 Å². The highest BCUT2D eigenvalue weighted by molar-refractivity contribution is 5.86. The average molecular weight is 481 g/mol. The van der Waals surface area contributed by atoms with Crippen LogP contribution in [0.1, 0.15) is 34.5 Å². The fraction of sp³-hybridized carbons (Fsp3) is 0.417. The number of aromatic amines is 1. The van der Waals surface area contributed by atoms with Crippen LogP contribution < -0.4 is 5.32 Å². The lowest BCUT2D eigenvalue weighted by Crippen LogP contribution is -2.46. The van der Waals surface area contributed by atoms with Gasteiger partial charge in [-0.1, -0.05) is 12.1 Å². The first kappa shape index (κ1) is 23.2. The van der Waals surface area contributed by atoms with Crippen molar-refractivity contribution in [3.63, 3.8) is 0 Å². The maximum Gasteiger partial charge on any atom is 0.283 e. The minimum Gasteiger partial charge on any atom is -0.390 e. The fourth-order valence-electron chi connectivity index (χ4n) is 5.01. The summed E-state index contributed by atoms with van der Waals surface area (Å²) in [4.78, 5) is 4.07. The smallest absolute Gasteiger partial charge is 0.283 e. The number of fused-ring (bicyclic) bond motifs is 3. The first-order valence-corrected chi connectivity index (χ1v) is 11.1. The molecule has 2 atom stereocenters. The number of hydrogen-bond acceptors (Lipinski definition) is 4. The Morgan fingerprint density at radius 2 is 1.79 bits per heavy atom. The minimum absolute atomic E-state index is 0.0216. The van der Waals surface area contributed by atoms with Crippen molar-refractivity contribution in [3.05, 3.63) is 70.2 Å². The predicted molar refractivity (Wildman–Crippen MR) is 115 cm³/mol. The van der Waals surface area contributed by atoms with E-state index in [9.17, 15) is 18.3 Å². The standard InChI is InChI=1S/C24H24F5N3O2/c25-16-3-1-2-14-15-4-5-32(10-24(28,29)11-33)22(21(15)31-20(14)16)19-17(26)6-12(7-18(19)27)23(34)13-8-30-9-13/h1-3,6-7,13,22-23,30-31,33-34H,4-5,8-11H2. The number of benzene rings is 2. The van der Waals surface area contributed by atoms with Crippen molar-refractivity contribution in [1.82, 2.24) is 15.2 Å². The molecule has 1 saturated heterocycles. The molecule has 0 bridgehead atoms. The lowest BCUT2D eigenvalue weighted by atomic mass is 9.87. The maximum absolute atomic E-state index is 15.4. The van der Waals surface area contributed by atoms with Crippen molar-refractivity contribution in [2.45, 2.75) is 24.5 Å². The summed E-state index contributed by atoms with van der Waals surface area (Å²) in [6.45, 7) is -1.31. The van der Waals surface area contributed by atoms with E-state index in [0.29, 0.717) is 24.0 Å². The Hall–Kier alpha value is -2.53. The van der Waals surface area contributed by atoms with Crippen molar-refractivity contribution in [2.75, 3.05) is 32.8 Å². The number of aromatic nitrogens is 1. The largest absolute Gasteiger partial charge is 0.390 e. The van der Waals surface area contributed by atoms with Gasteiger partial charge in [-0.15, -0.1) is 0 Å². The summed E-state index contributed by atoms with van der Waals surface area (Å²) >= 11 is 0. The molecule has 0 saturated carbocycles. The molecule has 10 heteroatoms. The van der Waals surface area contributed by atoms with Crippen LogP contribution in [-0.4, -0.2) is 58.8 Å². The number of hydrogen-bond donors (Lipinski definition) is 4. The van der Waals surface area contributed by atoms with Gasteiger partial charge >= 0.3 is 0 Å². The van der Waals surface area contributed by atoms with Gasteiger partial charge in [-0.25, -0.2) is 22.0 Å². The van der Waals surface area contributed by atoms with Crippen LogP contribution in [0.15, 0.2) is 30.3 Å². The zero-order valence-electron chi connectivity index (χ0n) is 18.1. The van der Waals surface area contributed by atoms with Gasteiger partial charge in [0.05, 0.1) is 24.2 Å². The lowest BCUT2D eigenvalue weighted by molar-refractivity contribution is -0.0791. The molecular weight excluding hydrogens is 457 g/mol. The molecule has 2 aromatic carbocycles. The second-order valence-electron chi connectivity index (χ2n) is 9.08. The molecule has 0 radical (unpaired) electrons. The van der Waals surface area contributed by atoms with Crippen LogP contribution in [0.3, 0.4) is 0 Å². The molecule has 0 aliphatic carbocycles. The van der Waals surface area contributed by atoms with Gasteiger partial charge in [0.25, 0.3) is 5.92 Å². The third kappa shape index (κ3) is 3.88. The van der Waals surface area contributed by atoms with Crippen molar-refractivity contribution >= 4 is 10.9 Å². The molecule has 0 amide bonds. The SMILES string of the molecule is OCC(F)(F)CN1CCc2c([nH]c3c(F)cccc23)C1c1c(F)cc(C(O)C2CNC2)cc1F. The highest BCUT2D eigenvalue weighted by Gasteiger charge is 2.41. The molecular formula is C24H24F5N3O2. The van der Waals surface area contributed by atoms with Crippen LogP contribution in [0.25, 0.3) is 10.9 Å². The van der Waals surface area contributed by atoms with E-state index in [1.807, 2.05) is 0 Å². The summed E-state index contributed by atoms with van der Waals surface area (Å²) in [5.41, 5.74) is 0.570. The number of rotatable bonds is 6. The summed E-state index contributed by atoms with van der Waals surface area (Å²) in [5.74, 6) is -6.23. The molecule has 3 heterocycles. The second kappa shape index (κ2) is 8.60. The van der Waals surface area contributed by atoms with E-state index in [1.54, 1.807) is 6.07 Å². The molecule has 2 aliphatic rings. The number of nitrogens with one attached hydrogen (secondary N) is 2. The Morgan fingerprint density at radius 1 is 1.09 bits per heavy atom. The molecule has 2 aliphatic heterocycles. The lowest BCUT2D eigenvalue weighted by Gasteiger charge is -2.38. The maximum atomic E-state index is 15.4. The van der Waals surface area contributed by atoms with Gasteiger partial charge in [0, 0.05) is 42.2 Å². The van der Waals surface area contributed by atoms with Gasteiger partial charge in [0.2, 0.25) is 0 Å². The summed E-state index contributed by atoms with van der Waals surface area (Å²) in [6, 6.07) is 5.18. The third-order valence-electron chi connectivity index (χ3n) is 6.85. The van der Waals surface area contributed by atoms with E-state index in [-0.39, 0.29) is 35.7 Å². The first-order chi connectivity index (χ1) is 16.2. The second-order valence-corrected chi connectivity index (χ2v) is 9.08. The van der Waals surface area contributed by atoms with Crippen LogP contribution in [0.5, 0.6) is 0 Å². The third-order valence-corrected chi connectivity index (χ3v) is 6.85. The Kier molecular flexibility index (Phi) is 5.87. The van der Waals surface area contributed by atoms with Gasteiger partial charge in [0.15, 0.2) is 0 Å². The molecule has 5 rings (SSSR count). The molecule has 182 valence electrons. The monoisotopic (exact) mass is 481 g/mol. The van der Waals surface area contributed by atoms with E-state index in [0.717, 1.165) is 12.1 Å². The number of aliphatic hydroxyl groups is 2. The van der Waals surface area contributed by atoms with E-state index < -0.39 is 54.2 Å². The summed E-state index contributed by atoms with van der Waals surface area (Å²) in [5, 5.41) is 23.1. The van der Waals surface area contributed by atoms with Gasteiger partial charge in [-0.05, 0) is 35.7 Å². The van der Waals surface area contributed by atoms with Crippen molar-refractivity contribution in [2.24, 2.45) is 5.92 Å². The normalized spacial score (nSPS) is 20.4. The van der Waals surface area contributed by atoms with Gasteiger partial charge in [-0.3, -0.25) is 4.90 Å². The zero-order chi connectivity index (χ0) is 24.2. The van der Waals surface area contributed by atoms with Crippen LogP contribution in [0.2, 0.25) is 0 Å². The Bertz CT molecular complexity index is 1200. The highest BCUT2D eigenvalue weighted by Crippen LogP contribution is 2.42. The number of nitrogens with zero attached hydrogens (tertiary/aromatic N) is 1. The van der Waals surface area contributed by atoms with E-state index >= 15 is 8.78 Å². The van der Waals surface area contributed by atoms with Crippen LogP contribution in [0.4, 0.5) is 22.0 Å². The number of H-pyrrole nitrogens is 1. The summed E-state index contributed by atoms with van der Waals surface area (Å²) in [6.07, 6.45) is -0.816. The van der Waals surface area contributed by atoms with Crippen LogP contribution in [-0.2, 0) is 6.42 Å². The van der Waals surface area contributed by atoms with E-state index in [4.69, 9.17) is 5.11 Å². The Balaban J connectivity index is 1.64. The number of alkyl halides is 2. The molecule has 34 heavy (non-hydrogen) atoms. The molecule has 0 spiro atoms. The molecule has 3 aromatic rings. The fourth-order valence-corrected chi connectivity index (χ4v) is 5.01. The topological polar surface area (TPSA) is 71.5 Å². The van der Waals surface area contributed by atoms with Crippen LogP contribution >= 0.6 is 0 Å². The first-order valence-electron chi connectivity index (χ1n) is 11.1. The van der Waals surface area contributed by atoms with Crippen LogP contribution in [0, 0.1) is 23.4 Å². The number of para-hydroxylation sites is 1.